The molecule has 1 heterocycles. The van der Waals surface area contributed by atoms with Crippen molar-refractivity contribution in [3.63, 3.8) is 0 Å². The highest BCUT2D eigenvalue weighted by atomic mass is 32.2. The van der Waals surface area contributed by atoms with Crippen LogP contribution in [0.5, 0.6) is 0 Å². The second-order valence-corrected chi connectivity index (χ2v) is 6.47. The highest BCUT2D eigenvalue weighted by Gasteiger charge is 2.13. The maximum Gasteiger partial charge on any atom is 0.234 e. The summed E-state index contributed by atoms with van der Waals surface area (Å²) in [6, 6.07) is 0. The standard InChI is InChI=1S/C11H24N4O3S/c1-2-14-19(17,18)9-6-13-11(16)10-15-7-3-4-12-5-8-15/h12,14H,2-10H2,1H3,(H,13,16). The zero-order chi connectivity index (χ0) is 14.1. The van der Waals surface area contributed by atoms with Crippen molar-refractivity contribution in [3.05, 3.63) is 0 Å². The lowest BCUT2D eigenvalue weighted by atomic mass is 10.4. The number of rotatable bonds is 7. The molecular formula is C11H24N4O3S. The predicted octanol–water partition coefficient (Wildman–Crippen LogP) is -1.66. The first kappa shape index (κ1) is 16.4. The lowest BCUT2D eigenvalue weighted by molar-refractivity contribution is -0.122. The van der Waals surface area contributed by atoms with Crippen LogP contribution in [0.4, 0.5) is 0 Å². The van der Waals surface area contributed by atoms with Gasteiger partial charge in [-0.3, -0.25) is 9.69 Å². The van der Waals surface area contributed by atoms with Gasteiger partial charge in [-0.15, -0.1) is 0 Å². The van der Waals surface area contributed by atoms with E-state index >= 15 is 0 Å². The number of carbonyl (C=O) groups excluding carboxylic acids is 1. The molecule has 0 aromatic carbocycles. The van der Waals surface area contributed by atoms with E-state index < -0.39 is 10.0 Å². The molecule has 3 N–H and O–H groups in total. The van der Waals surface area contributed by atoms with Gasteiger partial charge in [-0.05, 0) is 19.5 Å². The normalized spacial score (nSPS) is 17.9. The van der Waals surface area contributed by atoms with Gasteiger partial charge >= 0.3 is 0 Å². The van der Waals surface area contributed by atoms with E-state index in [1.165, 1.54) is 0 Å². The molecule has 1 rings (SSSR count). The second kappa shape index (κ2) is 8.47. The summed E-state index contributed by atoms with van der Waals surface area (Å²) >= 11 is 0. The molecular weight excluding hydrogens is 268 g/mol. The second-order valence-electron chi connectivity index (χ2n) is 4.55. The monoisotopic (exact) mass is 292 g/mol. The Morgan fingerprint density at radius 3 is 2.84 bits per heavy atom. The third-order valence-electron chi connectivity index (χ3n) is 2.86. The topological polar surface area (TPSA) is 90.5 Å². The Morgan fingerprint density at radius 2 is 2.11 bits per heavy atom. The fraction of sp³-hybridized carbons (Fsp3) is 0.909. The van der Waals surface area contributed by atoms with E-state index in [1.54, 1.807) is 6.92 Å². The van der Waals surface area contributed by atoms with Crippen LogP contribution in [-0.4, -0.2) is 70.8 Å². The summed E-state index contributed by atoms with van der Waals surface area (Å²) in [7, 11) is -3.25. The van der Waals surface area contributed by atoms with Crippen LogP contribution in [0.3, 0.4) is 0 Å². The lowest BCUT2D eigenvalue weighted by Gasteiger charge is -2.18. The van der Waals surface area contributed by atoms with Gasteiger partial charge in [-0.1, -0.05) is 6.92 Å². The lowest BCUT2D eigenvalue weighted by Crippen LogP contribution is -2.41. The SMILES string of the molecule is CCNS(=O)(=O)CCNC(=O)CN1CCCNCC1. The molecule has 0 aromatic rings. The minimum atomic E-state index is -3.25. The molecule has 19 heavy (non-hydrogen) atoms. The Hall–Kier alpha value is -0.700. The molecule has 0 saturated carbocycles. The number of carbonyl (C=O) groups is 1. The Balaban J connectivity index is 2.20. The maximum atomic E-state index is 11.7. The third-order valence-corrected chi connectivity index (χ3v) is 4.33. The van der Waals surface area contributed by atoms with E-state index in [2.05, 4.69) is 20.3 Å². The molecule has 0 aromatic heterocycles. The van der Waals surface area contributed by atoms with Crippen LogP contribution in [0.2, 0.25) is 0 Å². The van der Waals surface area contributed by atoms with Gasteiger partial charge in [0.25, 0.3) is 0 Å². The van der Waals surface area contributed by atoms with Crippen molar-refractivity contribution in [1.29, 1.82) is 0 Å². The molecule has 1 aliphatic heterocycles. The Bertz CT molecular complexity index is 364. The van der Waals surface area contributed by atoms with Crippen molar-refractivity contribution in [2.24, 2.45) is 0 Å². The van der Waals surface area contributed by atoms with Gasteiger partial charge in [0.2, 0.25) is 15.9 Å². The smallest absolute Gasteiger partial charge is 0.234 e. The van der Waals surface area contributed by atoms with Crippen LogP contribution in [-0.2, 0) is 14.8 Å². The van der Waals surface area contributed by atoms with E-state index in [0.717, 1.165) is 32.6 Å². The highest BCUT2D eigenvalue weighted by molar-refractivity contribution is 7.89. The van der Waals surface area contributed by atoms with Crippen molar-refractivity contribution in [2.45, 2.75) is 13.3 Å². The summed E-state index contributed by atoms with van der Waals surface area (Å²) in [5.74, 6) is -0.192. The van der Waals surface area contributed by atoms with Gasteiger partial charge in [0.05, 0.1) is 12.3 Å². The molecule has 112 valence electrons. The van der Waals surface area contributed by atoms with Crippen LogP contribution in [0.25, 0.3) is 0 Å². The van der Waals surface area contributed by atoms with Crippen molar-refractivity contribution in [2.75, 3.05) is 51.6 Å². The van der Waals surface area contributed by atoms with Gasteiger partial charge in [-0.25, -0.2) is 13.1 Å². The molecule has 1 aliphatic rings. The number of hydrogen-bond acceptors (Lipinski definition) is 5. The van der Waals surface area contributed by atoms with Gasteiger partial charge in [0.15, 0.2) is 0 Å². The highest BCUT2D eigenvalue weighted by Crippen LogP contribution is 1.94. The molecule has 0 spiro atoms. The predicted molar refractivity (Wildman–Crippen MR) is 74.4 cm³/mol. The van der Waals surface area contributed by atoms with E-state index in [0.29, 0.717) is 13.1 Å². The van der Waals surface area contributed by atoms with Crippen LogP contribution in [0, 0.1) is 0 Å². The van der Waals surface area contributed by atoms with E-state index in [4.69, 9.17) is 0 Å². The molecule has 7 nitrogen and oxygen atoms in total. The maximum absolute atomic E-state index is 11.7. The van der Waals surface area contributed by atoms with E-state index in [-0.39, 0.29) is 18.2 Å². The average Bonchev–Trinajstić information content (AvgIpc) is 2.57. The van der Waals surface area contributed by atoms with Crippen LogP contribution in [0.1, 0.15) is 13.3 Å². The summed E-state index contributed by atoms with van der Waals surface area (Å²) in [5, 5.41) is 5.91. The number of hydrogen-bond donors (Lipinski definition) is 3. The Labute approximate surface area is 115 Å². The number of amides is 1. The van der Waals surface area contributed by atoms with Crippen molar-refractivity contribution in [1.82, 2.24) is 20.3 Å². The average molecular weight is 292 g/mol. The molecule has 1 fully saturated rings. The first-order valence-electron chi connectivity index (χ1n) is 6.70. The first-order valence-corrected chi connectivity index (χ1v) is 8.36. The van der Waals surface area contributed by atoms with E-state index in [1.807, 2.05) is 0 Å². The Kier molecular flexibility index (Phi) is 7.29. The summed E-state index contributed by atoms with van der Waals surface area (Å²) in [6.07, 6.45) is 1.03. The van der Waals surface area contributed by atoms with Crippen LogP contribution in [0.15, 0.2) is 0 Å². The van der Waals surface area contributed by atoms with Gasteiger partial charge in [-0.2, -0.15) is 0 Å². The summed E-state index contributed by atoms with van der Waals surface area (Å²) < 4.78 is 25.1. The molecule has 0 aliphatic carbocycles. The molecule has 0 radical (unpaired) electrons. The molecule has 8 heteroatoms. The van der Waals surface area contributed by atoms with E-state index in [9.17, 15) is 13.2 Å². The zero-order valence-electron chi connectivity index (χ0n) is 11.4. The van der Waals surface area contributed by atoms with Gasteiger partial charge in [0, 0.05) is 26.2 Å². The fourth-order valence-corrected chi connectivity index (χ4v) is 2.89. The molecule has 0 bridgehead atoms. The number of sulfonamides is 1. The van der Waals surface area contributed by atoms with Crippen LogP contribution < -0.4 is 15.4 Å². The van der Waals surface area contributed by atoms with Crippen molar-refractivity contribution >= 4 is 15.9 Å². The number of nitrogens with one attached hydrogen (secondary N) is 3. The summed E-state index contributed by atoms with van der Waals surface area (Å²) in [4.78, 5) is 13.8. The summed E-state index contributed by atoms with van der Waals surface area (Å²) in [6.45, 7) is 6.21. The fourth-order valence-electron chi connectivity index (χ4n) is 1.94. The van der Waals surface area contributed by atoms with Gasteiger partial charge < -0.3 is 10.6 Å². The summed E-state index contributed by atoms with van der Waals surface area (Å²) in [5.41, 5.74) is 0. The Morgan fingerprint density at radius 1 is 1.32 bits per heavy atom. The number of nitrogens with zero attached hydrogens (tertiary/aromatic N) is 1. The van der Waals surface area contributed by atoms with Crippen LogP contribution >= 0.6 is 0 Å². The van der Waals surface area contributed by atoms with Gasteiger partial charge in [0.1, 0.15) is 0 Å². The largest absolute Gasteiger partial charge is 0.354 e. The third kappa shape index (κ3) is 7.46. The molecule has 0 atom stereocenters. The first-order chi connectivity index (χ1) is 9.03. The quantitative estimate of drug-likeness (QED) is 0.522. The molecule has 1 amide bonds. The molecule has 0 unspecified atom stereocenters. The minimum absolute atomic E-state index is 0.0753. The van der Waals surface area contributed by atoms with Crippen molar-refractivity contribution in [3.8, 4) is 0 Å². The zero-order valence-corrected chi connectivity index (χ0v) is 12.3. The molecule has 1 saturated heterocycles. The van der Waals surface area contributed by atoms with Crippen molar-refractivity contribution < 1.29 is 13.2 Å². The minimum Gasteiger partial charge on any atom is -0.354 e.